The molecule has 0 spiro atoms. The molecular weight excluding hydrogens is 604 g/mol. The minimum Gasteiger partial charge on any atom is -0.388 e. The third-order valence-corrected chi connectivity index (χ3v) is 7.38. The van der Waals surface area contributed by atoms with Crippen LogP contribution in [0.4, 0.5) is 0 Å². The second-order valence-electron chi connectivity index (χ2n) is 10.9. The zero-order valence-electron chi connectivity index (χ0n) is 25.7. The van der Waals surface area contributed by atoms with E-state index in [9.17, 15) is 49.8 Å². The summed E-state index contributed by atoms with van der Waals surface area (Å²) in [5, 5.41) is 69.4. The lowest BCUT2D eigenvalue weighted by molar-refractivity contribution is -0.292. The summed E-state index contributed by atoms with van der Waals surface area (Å²) in [5.41, 5.74) is 0. The van der Waals surface area contributed by atoms with Crippen molar-refractivity contribution in [2.75, 3.05) is 33.4 Å². The van der Waals surface area contributed by atoms with Crippen molar-refractivity contribution in [2.24, 2.45) is 0 Å². The van der Waals surface area contributed by atoms with Crippen LogP contribution < -0.4 is 21.3 Å². The van der Waals surface area contributed by atoms with Crippen LogP contribution in [-0.2, 0) is 38.1 Å². The van der Waals surface area contributed by atoms with Crippen LogP contribution in [0.5, 0.6) is 0 Å². The fraction of sp³-hybridized carbons (Fsp3) is 0.852. The Bertz CT molecular complexity index is 960. The van der Waals surface area contributed by atoms with Crippen LogP contribution in [0.2, 0.25) is 0 Å². The second kappa shape index (κ2) is 19.2. The molecule has 2 aliphatic heterocycles. The zero-order valence-corrected chi connectivity index (χ0v) is 25.7. The van der Waals surface area contributed by atoms with E-state index in [2.05, 4.69) is 21.3 Å². The number of carbonyl (C=O) groups is 4. The van der Waals surface area contributed by atoms with E-state index in [-0.39, 0.29) is 45.1 Å². The van der Waals surface area contributed by atoms with Gasteiger partial charge in [0.25, 0.3) is 0 Å². The van der Waals surface area contributed by atoms with Gasteiger partial charge < -0.3 is 70.9 Å². The van der Waals surface area contributed by atoms with Gasteiger partial charge in [-0.2, -0.15) is 0 Å². The molecule has 0 unspecified atom stereocenters. The van der Waals surface area contributed by atoms with Gasteiger partial charge >= 0.3 is 0 Å². The second-order valence-corrected chi connectivity index (χ2v) is 10.9. The number of ether oxygens (including phenoxy) is 4. The van der Waals surface area contributed by atoms with Crippen LogP contribution in [0.3, 0.4) is 0 Å². The van der Waals surface area contributed by atoms with Crippen molar-refractivity contribution in [1.82, 2.24) is 21.3 Å². The lowest BCUT2D eigenvalue weighted by atomic mass is 10.0. The average Bonchev–Trinajstić information content (AvgIpc) is 3.01. The molecule has 18 nitrogen and oxygen atoms in total. The van der Waals surface area contributed by atoms with Gasteiger partial charge in [-0.25, -0.2) is 0 Å². The molecule has 4 amide bonds. The maximum absolute atomic E-state index is 12.9. The summed E-state index contributed by atoms with van der Waals surface area (Å²) < 4.78 is 21.4. The molecule has 0 saturated carbocycles. The summed E-state index contributed by atoms with van der Waals surface area (Å²) in [6, 6.07) is -1.29. The Hall–Kier alpha value is -2.52. The molecule has 0 aliphatic carbocycles. The van der Waals surface area contributed by atoms with Gasteiger partial charge in [0.1, 0.15) is 42.7 Å². The van der Waals surface area contributed by atoms with Crippen molar-refractivity contribution in [2.45, 2.75) is 113 Å². The number of carbonyl (C=O) groups excluding carboxylic acids is 4. The third-order valence-electron chi connectivity index (χ3n) is 7.38. The quantitative estimate of drug-likeness (QED) is 0.0660. The molecule has 45 heavy (non-hydrogen) atoms. The molecule has 0 bridgehead atoms. The van der Waals surface area contributed by atoms with Crippen molar-refractivity contribution in [3.05, 3.63) is 0 Å². The van der Waals surface area contributed by atoms with Gasteiger partial charge in [-0.3, -0.25) is 19.2 Å². The standard InChI is InChI=1S/C27H48N4O14/c1-13-19(35)21(37)23(39)26(44-13)42-10-8-29-18(34)12-15(31-17(33)7-5-4-6-16(32)28-3)25(41)30-9-11-43-27-24(40)22(38)20(36)14(2)45-27/h13-15,19-24,26-27,35-40H,4-12H2,1-3H3,(H,28,32)(H,29,34)(H,30,41)(H,31,33)/t13-,14-,15-,19+,20+,21+,22+,23-,24-,26+,27+/m0/s1. The molecule has 11 atom stereocenters. The van der Waals surface area contributed by atoms with E-state index in [4.69, 9.17) is 18.9 Å². The molecule has 2 heterocycles. The van der Waals surface area contributed by atoms with Gasteiger partial charge in [0, 0.05) is 33.0 Å². The largest absolute Gasteiger partial charge is 0.388 e. The van der Waals surface area contributed by atoms with Crippen LogP contribution in [-0.4, -0.2) is 155 Å². The van der Waals surface area contributed by atoms with E-state index >= 15 is 0 Å². The van der Waals surface area contributed by atoms with E-state index in [1.165, 1.54) is 20.9 Å². The molecular formula is C27H48N4O14. The van der Waals surface area contributed by atoms with Crippen LogP contribution >= 0.6 is 0 Å². The van der Waals surface area contributed by atoms with Crippen molar-refractivity contribution in [3.63, 3.8) is 0 Å². The monoisotopic (exact) mass is 652 g/mol. The van der Waals surface area contributed by atoms with Crippen molar-refractivity contribution >= 4 is 23.6 Å². The fourth-order valence-corrected chi connectivity index (χ4v) is 4.57. The molecule has 10 N–H and O–H groups in total. The Balaban J connectivity index is 1.85. The summed E-state index contributed by atoms with van der Waals surface area (Å²) in [6.07, 6.45) is -12.1. The fourth-order valence-electron chi connectivity index (χ4n) is 4.57. The van der Waals surface area contributed by atoms with E-state index in [1.807, 2.05) is 0 Å². The summed E-state index contributed by atoms with van der Waals surface area (Å²) >= 11 is 0. The first kappa shape index (κ1) is 38.7. The smallest absolute Gasteiger partial charge is 0.243 e. The molecule has 18 heteroatoms. The Labute approximate surface area is 260 Å². The van der Waals surface area contributed by atoms with E-state index in [1.54, 1.807) is 0 Å². The third kappa shape index (κ3) is 12.3. The predicted molar refractivity (Wildman–Crippen MR) is 152 cm³/mol. The van der Waals surface area contributed by atoms with Crippen molar-refractivity contribution < 1.29 is 68.8 Å². The van der Waals surface area contributed by atoms with Gasteiger partial charge in [0.15, 0.2) is 12.6 Å². The van der Waals surface area contributed by atoms with E-state index in [0.29, 0.717) is 12.8 Å². The predicted octanol–water partition coefficient (Wildman–Crippen LogP) is -4.91. The Morgan fingerprint density at radius 3 is 1.62 bits per heavy atom. The van der Waals surface area contributed by atoms with Crippen LogP contribution in [0.15, 0.2) is 0 Å². The van der Waals surface area contributed by atoms with Gasteiger partial charge in [0.2, 0.25) is 23.6 Å². The Morgan fingerprint density at radius 2 is 1.13 bits per heavy atom. The number of hydrogen-bond acceptors (Lipinski definition) is 14. The number of unbranched alkanes of at least 4 members (excludes halogenated alkanes) is 1. The number of amides is 4. The minimum absolute atomic E-state index is 0.00526. The number of rotatable bonds is 17. The van der Waals surface area contributed by atoms with Crippen LogP contribution in [0.1, 0.15) is 46.0 Å². The molecule has 2 aliphatic rings. The molecule has 2 rings (SSSR count). The maximum atomic E-state index is 12.9. The summed E-state index contributed by atoms with van der Waals surface area (Å²) in [5.74, 6) is -2.02. The van der Waals surface area contributed by atoms with Gasteiger partial charge in [-0.15, -0.1) is 0 Å². The molecule has 260 valence electrons. The lowest BCUT2D eigenvalue weighted by Gasteiger charge is -2.38. The number of hydrogen-bond donors (Lipinski definition) is 10. The lowest BCUT2D eigenvalue weighted by Crippen LogP contribution is -2.57. The Kier molecular flexibility index (Phi) is 16.5. The highest BCUT2D eigenvalue weighted by atomic mass is 16.7. The minimum atomic E-state index is -1.52. The van der Waals surface area contributed by atoms with Crippen LogP contribution in [0, 0.1) is 0 Å². The topological polar surface area (TPSA) is 275 Å². The summed E-state index contributed by atoms with van der Waals surface area (Å²) in [6.45, 7) is 2.48. The maximum Gasteiger partial charge on any atom is 0.243 e. The van der Waals surface area contributed by atoms with E-state index < -0.39 is 91.6 Å². The molecule has 2 fully saturated rings. The highest BCUT2D eigenvalue weighted by molar-refractivity contribution is 5.92. The highest BCUT2D eigenvalue weighted by Crippen LogP contribution is 2.22. The van der Waals surface area contributed by atoms with Gasteiger partial charge in [-0.05, 0) is 26.7 Å². The van der Waals surface area contributed by atoms with Crippen LogP contribution in [0.25, 0.3) is 0 Å². The number of aliphatic hydroxyl groups is 6. The first-order valence-corrected chi connectivity index (χ1v) is 14.9. The summed E-state index contributed by atoms with van der Waals surface area (Å²) in [4.78, 5) is 49.4. The van der Waals surface area contributed by atoms with Crippen molar-refractivity contribution in [1.29, 1.82) is 0 Å². The molecule has 0 radical (unpaired) electrons. The van der Waals surface area contributed by atoms with E-state index in [0.717, 1.165) is 0 Å². The molecule has 0 aromatic rings. The van der Waals surface area contributed by atoms with Gasteiger partial charge in [0.05, 0.1) is 31.8 Å². The highest BCUT2D eigenvalue weighted by Gasteiger charge is 2.43. The number of aliphatic hydroxyl groups excluding tert-OH is 6. The van der Waals surface area contributed by atoms with Gasteiger partial charge in [-0.1, -0.05) is 0 Å². The first-order chi connectivity index (χ1) is 21.3. The van der Waals surface area contributed by atoms with Crippen molar-refractivity contribution in [3.8, 4) is 0 Å². The SMILES string of the molecule is CNC(=O)CCCCC(=O)N[C@@H](CC(=O)NCCO[C@@H]1O[C@@H](C)[C@@H](O)[C@@H](O)[C@@H]1O)C(=O)NCCO[C@@H]1O[C@@H](C)[C@@H](O)[C@@H](O)[C@@H]1O. The summed E-state index contributed by atoms with van der Waals surface area (Å²) in [7, 11) is 1.50. The number of nitrogens with one attached hydrogen (secondary N) is 4. The average molecular weight is 653 g/mol. The first-order valence-electron chi connectivity index (χ1n) is 14.9. The molecule has 2 saturated heterocycles. The Morgan fingerprint density at radius 1 is 0.667 bits per heavy atom. The molecule has 0 aromatic carbocycles. The zero-order chi connectivity index (χ0) is 33.7. The molecule has 0 aromatic heterocycles. The normalized spacial score (nSPS) is 32.3.